The normalized spacial score (nSPS) is 11.8. The minimum atomic E-state index is 0.392. The highest BCUT2D eigenvalue weighted by atomic mass is 15.2. The van der Waals surface area contributed by atoms with Crippen molar-refractivity contribution in [1.29, 1.82) is 0 Å². The largest absolute Gasteiger partial charge is 0.310 e. The SMILES string of the molecule is Cc1ccc(-c2c(C)cccc2C)cc1N(c1cccc(C(C)C)c1)c1ccc2ccc3c(N(c4cccc(C(C)C)c4)c4cc(-c5c(C)cccc5C)ccc4C)ccc4ccc1c2c43. The molecule has 66 heavy (non-hydrogen) atoms. The molecule has 0 aliphatic heterocycles. The van der Waals surface area contributed by atoms with Gasteiger partial charge in [0.05, 0.1) is 11.4 Å². The van der Waals surface area contributed by atoms with Crippen LogP contribution in [0.4, 0.5) is 34.1 Å². The van der Waals surface area contributed by atoms with Crippen molar-refractivity contribution in [2.75, 3.05) is 9.80 Å². The monoisotopic (exact) mass is 856 g/mol. The van der Waals surface area contributed by atoms with Gasteiger partial charge in [0.1, 0.15) is 0 Å². The van der Waals surface area contributed by atoms with Crippen molar-refractivity contribution in [2.24, 2.45) is 0 Å². The summed E-state index contributed by atoms with van der Waals surface area (Å²) in [6, 6.07) is 64.4. The predicted molar refractivity (Wildman–Crippen MR) is 287 cm³/mol. The van der Waals surface area contributed by atoms with Crippen molar-refractivity contribution in [3.63, 3.8) is 0 Å². The minimum absolute atomic E-state index is 0.392. The highest BCUT2D eigenvalue weighted by Gasteiger charge is 2.25. The molecule has 0 aliphatic rings. The summed E-state index contributed by atoms with van der Waals surface area (Å²) in [5, 5.41) is 7.52. The van der Waals surface area contributed by atoms with E-state index in [1.54, 1.807) is 0 Å². The lowest BCUT2D eigenvalue weighted by molar-refractivity contribution is 0.866. The lowest BCUT2D eigenvalue weighted by atomic mass is 9.90. The number of rotatable bonds is 10. The fourth-order valence-electron chi connectivity index (χ4n) is 10.6. The van der Waals surface area contributed by atoms with Gasteiger partial charge in [-0.15, -0.1) is 0 Å². The van der Waals surface area contributed by atoms with Gasteiger partial charge in [0.2, 0.25) is 0 Å². The summed E-state index contributed by atoms with van der Waals surface area (Å²) >= 11 is 0. The van der Waals surface area contributed by atoms with E-state index in [0.717, 1.165) is 11.4 Å². The van der Waals surface area contributed by atoms with Crippen LogP contribution < -0.4 is 9.80 Å². The fourth-order valence-corrected chi connectivity index (χ4v) is 10.6. The third-order valence-electron chi connectivity index (χ3n) is 14.1. The Balaban J connectivity index is 1.24. The van der Waals surface area contributed by atoms with Crippen molar-refractivity contribution >= 4 is 66.4 Å². The van der Waals surface area contributed by atoms with E-state index in [1.165, 1.54) is 122 Å². The molecule has 0 N–H and O–H groups in total. The molecule has 0 aliphatic carbocycles. The van der Waals surface area contributed by atoms with E-state index >= 15 is 0 Å². The summed E-state index contributed by atoms with van der Waals surface area (Å²) in [6.07, 6.45) is 0. The number of benzene rings is 10. The highest BCUT2D eigenvalue weighted by Crippen LogP contribution is 2.50. The number of anilines is 6. The van der Waals surface area contributed by atoms with E-state index in [-0.39, 0.29) is 0 Å². The lowest BCUT2D eigenvalue weighted by Crippen LogP contribution is -2.13. The van der Waals surface area contributed by atoms with Crippen LogP contribution in [0, 0.1) is 41.5 Å². The molecule has 0 amide bonds. The van der Waals surface area contributed by atoms with Crippen LogP contribution in [0.5, 0.6) is 0 Å². The van der Waals surface area contributed by atoms with E-state index in [2.05, 4.69) is 249 Å². The van der Waals surface area contributed by atoms with Crippen LogP contribution in [0.3, 0.4) is 0 Å². The number of hydrogen-bond acceptors (Lipinski definition) is 2. The highest BCUT2D eigenvalue weighted by molar-refractivity contribution is 6.28. The number of hydrogen-bond donors (Lipinski definition) is 0. The summed E-state index contributed by atoms with van der Waals surface area (Å²) in [6.45, 7) is 22.6. The Morgan fingerprint density at radius 3 is 1.06 bits per heavy atom. The molecule has 0 unspecified atom stereocenters. The van der Waals surface area contributed by atoms with Crippen LogP contribution in [0.1, 0.15) is 84.0 Å². The molecular formula is C64H60N2. The van der Waals surface area contributed by atoms with Crippen LogP contribution in [-0.2, 0) is 0 Å². The van der Waals surface area contributed by atoms with Gasteiger partial charge >= 0.3 is 0 Å². The van der Waals surface area contributed by atoms with Crippen LogP contribution in [0.2, 0.25) is 0 Å². The van der Waals surface area contributed by atoms with Crippen LogP contribution in [0.15, 0.2) is 170 Å². The number of aryl methyl sites for hydroxylation is 6. The molecule has 2 heteroatoms. The van der Waals surface area contributed by atoms with Crippen LogP contribution in [0.25, 0.3) is 54.6 Å². The van der Waals surface area contributed by atoms with E-state index in [0.29, 0.717) is 11.8 Å². The minimum Gasteiger partial charge on any atom is -0.310 e. The maximum absolute atomic E-state index is 2.53. The second kappa shape index (κ2) is 17.0. The molecule has 0 atom stereocenters. The summed E-state index contributed by atoms with van der Waals surface area (Å²) in [5.74, 6) is 0.783. The van der Waals surface area contributed by atoms with Gasteiger partial charge in [-0.3, -0.25) is 0 Å². The first-order chi connectivity index (χ1) is 31.9. The van der Waals surface area contributed by atoms with E-state index in [1.807, 2.05) is 0 Å². The summed E-state index contributed by atoms with van der Waals surface area (Å²) in [4.78, 5) is 5.05. The van der Waals surface area contributed by atoms with Crippen LogP contribution >= 0.6 is 0 Å². The Morgan fingerprint density at radius 1 is 0.318 bits per heavy atom. The Labute approximate surface area is 392 Å². The standard InChI is InChI=1S/C64H60N2/c1-39(2)49-19-13-21-53(35-49)65(59-37-51(25-23-41(59)5)61-43(7)15-11-16-44(61)8)57-33-29-47-28-32-56-58(34-30-48-27-31-55(57)63(47)64(48)56)66(54-22-14-20-50(36-54)40(3)4)60-38-52(26-24-42(60)6)62-45(9)17-12-18-46(62)10/h11-40H,1-10H3. The summed E-state index contributed by atoms with van der Waals surface area (Å²) in [7, 11) is 0. The molecule has 0 heterocycles. The molecule has 0 aromatic heterocycles. The van der Waals surface area contributed by atoms with E-state index in [9.17, 15) is 0 Å². The summed E-state index contributed by atoms with van der Waals surface area (Å²) < 4.78 is 0. The van der Waals surface area contributed by atoms with Gasteiger partial charge in [-0.1, -0.05) is 149 Å². The maximum atomic E-state index is 2.53. The Hall–Kier alpha value is -7.16. The molecule has 2 nitrogen and oxygen atoms in total. The van der Waals surface area contributed by atoms with Crippen molar-refractivity contribution in [3.05, 3.63) is 214 Å². The van der Waals surface area contributed by atoms with Gasteiger partial charge in [0, 0.05) is 33.5 Å². The van der Waals surface area contributed by atoms with Crippen molar-refractivity contribution in [1.82, 2.24) is 0 Å². The molecule has 326 valence electrons. The average Bonchev–Trinajstić information content (AvgIpc) is 3.31. The lowest BCUT2D eigenvalue weighted by Gasteiger charge is -2.31. The molecule has 10 rings (SSSR count). The van der Waals surface area contributed by atoms with Gasteiger partial charge in [-0.05, 0) is 190 Å². The van der Waals surface area contributed by atoms with Crippen LogP contribution in [-0.4, -0.2) is 0 Å². The third kappa shape index (κ3) is 7.39. The zero-order valence-electron chi connectivity index (χ0n) is 40.2. The topological polar surface area (TPSA) is 6.48 Å². The van der Waals surface area contributed by atoms with Crippen molar-refractivity contribution < 1.29 is 0 Å². The van der Waals surface area contributed by atoms with E-state index in [4.69, 9.17) is 0 Å². The first-order valence-corrected chi connectivity index (χ1v) is 23.7. The quantitative estimate of drug-likeness (QED) is 0.126. The second-order valence-corrected chi connectivity index (χ2v) is 19.3. The van der Waals surface area contributed by atoms with Crippen molar-refractivity contribution in [2.45, 2.75) is 81.1 Å². The molecule has 0 fully saturated rings. The Morgan fingerprint density at radius 2 is 0.682 bits per heavy atom. The molecular weight excluding hydrogens is 797 g/mol. The molecule has 0 saturated heterocycles. The van der Waals surface area contributed by atoms with Gasteiger partial charge in [0.25, 0.3) is 0 Å². The molecule has 0 bridgehead atoms. The second-order valence-electron chi connectivity index (χ2n) is 19.3. The molecule has 0 saturated carbocycles. The number of nitrogens with zero attached hydrogens (tertiary/aromatic N) is 2. The van der Waals surface area contributed by atoms with Gasteiger partial charge in [0.15, 0.2) is 0 Å². The smallest absolute Gasteiger partial charge is 0.0540 e. The van der Waals surface area contributed by atoms with E-state index < -0.39 is 0 Å². The fraction of sp³-hybridized carbons (Fsp3) is 0.188. The van der Waals surface area contributed by atoms with Crippen molar-refractivity contribution in [3.8, 4) is 22.3 Å². The summed E-state index contributed by atoms with van der Waals surface area (Å²) in [5.41, 5.74) is 22.3. The molecule has 0 spiro atoms. The predicted octanol–water partition coefficient (Wildman–Crippen LogP) is 19.0. The van der Waals surface area contributed by atoms with Gasteiger partial charge < -0.3 is 9.80 Å². The van der Waals surface area contributed by atoms with Gasteiger partial charge in [-0.25, -0.2) is 0 Å². The Bertz CT molecular complexity index is 3190. The first-order valence-electron chi connectivity index (χ1n) is 23.7. The van der Waals surface area contributed by atoms with Gasteiger partial charge in [-0.2, -0.15) is 0 Å². The molecule has 10 aromatic carbocycles. The maximum Gasteiger partial charge on any atom is 0.0540 e. The third-order valence-corrected chi connectivity index (χ3v) is 14.1. The zero-order chi connectivity index (χ0) is 46.0. The molecule has 0 radical (unpaired) electrons. The Kier molecular flexibility index (Phi) is 11.0. The average molecular weight is 857 g/mol. The molecule has 10 aromatic rings. The zero-order valence-corrected chi connectivity index (χ0v) is 40.2. The first kappa shape index (κ1) is 42.8.